The Bertz CT molecular complexity index is 702. The molecule has 0 fully saturated rings. The van der Waals surface area contributed by atoms with Crippen molar-refractivity contribution in [1.82, 2.24) is 0 Å². The van der Waals surface area contributed by atoms with Crippen LogP contribution in [0.3, 0.4) is 0 Å². The van der Waals surface area contributed by atoms with Gasteiger partial charge in [-0.15, -0.1) is 0 Å². The molecular formula is C19H22O5. The lowest BCUT2D eigenvalue weighted by molar-refractivity contribution is -0.145. The molecule has 0 radical (unpaired) electrons. The second-order valence-corrected chi connectivity index (χ2v) is 5.71. The van der Waals surface area contributed by atoms with Gasteiger partial charge in [-0.2, -0.15) is 0 Å². The third-order valence-corrected chi connectivity index (χ3v) is 3.75. The minimum atomic E-state index is -0.667. The summed E-state index contributed by atoms with van der Waals surface area (Å²) in [5.41, 5.74) is 1.81. The van der Waals surface area contributed by atoms with E-state index in [-0.39, 0.29) is 5.78 Å². The van der Waals surface area contributed by atoms with E-state index >= 15 is 0 Å². The molecule has 1 aliphatic rings. The molecule has 24 heavy (non-hydrogen) atoms. The second kappa shape index (κ2) is 7.34. The average molecular weight is 330 g/mol. The predicted octanol–water partition coefficient (Wildman–Crippen LogP) is 3.79. The summed E-state index contributed by atoms with van der Waals surface area (Å²) in [5, 5.41) is 0. The molecule has 5 heteroatoms. The number of fused-ring (bicyclic) bond motifs is 1. The van der Waals surface area contributed by atoms with Gasteiger partial charge in [0.05, 0.1) is 7.11 Å². The van der Waals surface area contributed by atoms with Crippen LogP contribution < -0.4 is 9.47 Å². The molecule has 128 valence electrons. The summed E-state index contributed by atoms with van der Waals surface area (Å²) in [5.74, 6) is 0.349. The van der Waals surface area contributed by atoms with Crippen LogP contribution in [-0.2, 0) is 9.53 Å². The van der Waals surface area contributed by atoms with Gasteiger partial charge in [0.1, 0.15) is 0 Å². The van der Waals surface area contributed by atoms with Crippen LogP contribution in [0.2, 0.25) is 0 Å². The number of benzene rings is 1. The van der Waals surface area contributed by atoms with Crippen LogP contribution in [0.15, 0.2) is 36.4 Å². The van der Waals surface area contributed by atoms with Crippen LogP contribution in [0.4, 0.5) is 0 Å². The van der Waals surface area contributed by atoms with Gasteiger partial charge < -0.3 is 14.2 Å². The Morgan fingerprint density at radius 2 is 2.04 bits per heavy atom. The van der Waals surface area contributed by atoms with Gasteiger partial charge >= 0.3 is 5.97 Å². The van der Waals surface area contributed by atoms with E-state index in [1.807, 2.05) is 6.92 Å². The highest BCUT2D eigenvalue weighted by Crippen LogP contribution is 2.47. The maximum atomic E-state index is 12.0. The summed E-state index contributed by atoms with van der Waals surface area (Å²) in [6.07, 6.45) is 2.66. The van der Waals surface area contributed by atoms with Gasteiger partial charge in [0.15, 0.2) is 29.5 Å². The minimum Gasteiger partial charge on any atom is -0.493 e. The van der Waals surface area contributed by atoms with Gasteiger partial charge in [-0.25, -0.2) is 4.79 Å². The maximum absolute atomic E-state index is 12.0. The molecule has 0 N–H and O–H groups in total. The highest BCUT2D eigenvalue weighted by Gasteiger charge is 2.40. The van der Waals surface area contributed by atoms with Crippen LogP contribution in [-0.4, -0.2) is 25.0 Å². The molecule has 1 heterocycles. The first-order valence-corrected chi connectivity index (χ1v) is 7.81. The third-order valence-electron chi connectivity index (χ3n) is 3.75. The summed E-state index contributed by atoms with van der Waals surface area (Å²) in [6, 6.07) is 3.31. The maximum Gasteiger partial charge on any atom is 0.331 e. The van der Waals surface area contributed by atoms with Crippen LogP contribution >= 0.6 is 0 Å². The Hall–Kier alpha value is -2.56. The van der Waals surface area contributed by atoms with Crippen LogP contribution in [0.25, 0.3) is 0 Å². The van der Waals surface area contributed by atoms with E-state index in [9.17, 15) is 9.59 Å². The Morgan fingerprint density at radius 1 is 1.33 bits per heavy atom. The van der Waals surface area contributed by atoms with E-state index in [1.54, 1.807) is 25.1 Å². The van der Waals surface area contributed by atoms with Crippen molar-refractivity contribution in [2.75, 3.05) is 7.11 Å². The van der Waals surface area contributed by atoms with Crippen molar-refractivity contribution in [3.8, 4) is 11.5 Å². The smallest absolute Gasteiger partial charge is 0.331 e. The zero-order chi connectivity index (χ0) is 17.9. The van der Waals surface area contributed by atoms with E-state index in [0.29, 0.717) is 22.6 Å². The number of rotatable bonds is 6. The summed E-state index contributed by atoms with van der Waals surface area (Å²) < 4.78 is 16.8. The number of hydrogen-bond donors (Lipinski definition) is 0. The van der Waals surface area contributed by atoms with E-state index in [1.165, 1.54) is 20.1 Å². The Kier molecular flexibility index (Phi) is 5.44. The quantitative estimate of drug-likeness (QED) is 0.344. The summed E-state index contributed by atoms with van der Waals surface area (Å²) in [4.78, 5) is 23.8. The number of ether oxygens (including phenoxy) is 3. The lowest BCUT2D eigenvalue weighted by Crippen LogP contribution is -2.23. The van der Waals surface area contributed by atoms with Crippen molar-refractivity contribution in [1.29, 1.82) is 0 Å². The van der Waals surface area contributed by atoms with Crippen molar-refractivity contribution >= 4 is 11.8 Å². The van der Waals surface area contributed by atoms with Gasteiger partial charge in [0.2, 0.25) is 0 Å². The van der Waals surface area contributed by atoms with Crippen molar-refractivity contribution in [2.24, 2.45) is 0 Å². The molecule has 1 aromatic rings. The van der Waals surface area contributed by atoms with E-state index in [2.05, 4.69) is 6.58 Å². The molecule has 0 amide bonds. The van der Waals surface area contributed by atoms with Gasteiger partial charge in [-0.3, -0.25) is 4.79 Å². The van der Waals surface area contributed by atoms with Gasteiger partial charge in [0, 0.05) is 17.2 Å². The number of carbonyl (C=O) groups excluding carboxylic acids is 2. The lowest BCUT2D eigenvalue weighted by atomic mass is 9.99. The van der Waals surface area contributed by atoms with Crippen LogP contribution in [0.1, 0.15) is 49.2 Å². The van der Waals surface area contributed by atoms with E-state index < -0.39 is 18.2 Å². The molecular weight excluding hydrogens is 308 g/mol. The number of esters is 1. The molecule has 0 saturated heterocycles. The Morgan fingerprint density at radius 3 is 2.58 bits per heavy atom. The van der Waals surface area contributed by atoms with E-state index in [4.69, 9.17) is 14.2 Å². The lowest BCUT2D eigenvalue weighted by Gasteiger charge is -2.19. The van der Waals surface area contributed by atoms with Crippen LogP contribution in [0.5, 0.6) is 11.5 Å². The molecule has 0 aliphatic carbocycles. The van der Waals surface area contributed by atoms with Crippen molar-refractivity contribution in [3.63, 3.8) is 0 Å². The number of allylic oxidation sites excluding steroid dienone is 1. The molecule has 2 atom stereocenters. The number of carbonyl (C=O) groups is 2. The zero-order valence-corrected chi connectivity index (χ0v) is 14.4. The number of hydrogen-bond acceptors (Lipinski definition) is 5. The van der Waals surface area contributed by atoms with Gasteiger partial charge in [0.25, 0.3) is 0 Å². The topological polar surface area (TPSA) is 61.8 Å². The molecule has 0 spiro atoms. The Labute approximate surface area is 141 Å². The number of ketones is 1. The molecule has 1 aromatic carbocycles. The summed E-state index contributed by atoms with van der Waals surface area (Å²) in [7, 11) is 1.50. The molecule has 0 aromatic heterocycles. The van der Waals surface area contributed by atoms with Crippen molar-refractivity contribution < 1.29 is 23.8 Å². The fourth-order valence-electron chi connectivity index (χ4n) is 2.53. The minimum absolute atomic E-state index is 0.106. The second-order valence-electron chi connectivity index (χ2n) is 5.71. The predicted molar refractivity (Wildman–Crippen MR) is 90.5 cm³/mol. The third kappa shape index (κ3) is 3.50. The highest BCUT2D eigenvalue weighted by atomic mass is 16.6. The highest BCUT2D eigenvalue weighted by molar-refractivity contribution is 5.95. The van der Waals surface area contributed by atoms with E-state index in [0.717, 1.165) is 12.0 Å². The van der Waals surface area contributed by atoms with Gasteiger partial charge in [-0.1, -0.05) is 19.6 Å². The number of Topliss-reactive ketones (excluding diaryl/α,β-unsaturated/α-hetero) is 1. The molecule has 0 bridgehead atoms. The van der Waals surface area contributed by atoms with Crippen molar-refractivity contribution in [3.05, 3.63) is 47.6 Å². The first-order valence-electron chi connectivity index (χ1n) is 7.81. The van der Waals surface area contributed by atoms with Crippen LogP contribution in [0, 0.1) is 0 Å². The standard InChI is InChI=1S/C19H22O5/c1-6-7-8-16(21)23-19-14-9-13(12(4)20)10-15(22-5)18(14)24-17(19)11(2)3/h7-10,17,19H,2,6H2,1,3-5H3. The normalized spacial score (nSPS) is 18.8. The first-order chi connectivity index (χ1) is 11.4. The molecule has 0 saturated carbocycles. The zero-order valence-electron chi connectivity index (χ0n) is 14.4. The fraction of sp³-hybridized carbons (Fsp3) is 0.368. The molecule has 2 unspecified atom stereocenters. The molecule has 2 rings (SSSR count). The summed E-state index contributed by atoms with van der Waals surface area (Å²) in [6.45, 7) is 9.11. The monoisotopic (exact) mass is 330 g/mol. The fourth-order valence-corrected chi connectivity index (χ4v) is 2.53. The van der Waals surface area contributed by atoms with Gasteiger partial charge in [-0.05, 0) is 38.0 Å². The molecule has 1 aliphatic heterocycles. The SMILES string of the molecule is C=C(C)C1Oc2c(OC)cc(C(C)=O)cc2C1OC(=O)C=CCC. The average Bonchev–Trinajstić information content (AvgIpc) is 2.90. The largest absolute Gasteiger partial charge is 0.493 e. The van der Waals surface area contributed by atoms with Crippen molar-refractivity contribution in [2.45, 2.75) is 39.4 Å². The first kappa shape index (κ1) is 17.8. The Balaban J connectivity index is 2.47. The molecule has 5 nitrogen and oxygen atoms in total. The summed E-state index contributed by atoms with van der Waals surface area (Å²) >= 11 is 0. The number of methoxy groups -OCH3 is 1.